The van der Waals surface area contributed by atoms with Crippen molar-refractivity contribution in [2.75, 3.05) is 6.54 Å². The summed E-state index contributed by atoms with van der Waals surface area (Å²) in [6, 6.07) is -0.532. The van der Waals surface area contributed by atoms with Gasteiger partial charge in [0.05, 0.1) is 6.04 Å². The van der Waals surface area contributed by atoms with Crippen LogP contribution in [-0.2, 0) is 9.59 Å². The molecule has 0 aromatic heterocycles. The molecule has 2 amide bonds. The van der Waals surface area contributed by atoms with E-state index in [9.17, 15) is 9.59 Å². The number of carbonyl (C=O) groups is 2. The summed E-state index contributed by atoms with van der Waals surface area (Å²) in [5.41, 5.74) is 10.5. The second-order valence-electron chi connectivity index (χ2n) is 3.56. The molecule has 15 heavy (non-hydrogen) atoms. The maximum atomic E-state index is 10.8. The molecule has 0 saturated heterocycles. The average Bonchev–Trinajstić information content (AvgIpc) is 2.22. The van der Waals surface area contributed by atoms with Crippen LogP contribution in [-0.4, -0.2) is 24.4 Å². The van der Waals surface area contributed by atoms with Crippen molar-refractivity contribution in [1.82, 2.24) is 5.32 Å². The molecule has 88 valence electrons. The van der Waals surface area contributed by atoms with Crippen molar-refractivity contribution >= 4 is 11.8 Å². The van der Waals surface area contributed by atoms with E-state index in [-0.39, 0.29) is 5.91 Å². The molecule has 0 aromatic rings. The lowest BCUT2D eigenvalue weighted by molar-refractivity contribution is -0.121. The number of nitrogens with one attached hydrogen (secondary N) is 1. The molecule has 0 radical (unpaired) electrons. The summed E-state index contributed by atoms with van der Waals surface area (Å²) in [7, 11) is 0. The van der Waals surface area contributed by atoms with Gasteiger partial charge in [-0.2, -0.15) is 0 Å². The van der Waals surface area contributed by atoms with Crippen molar-refractivity contribution in [3.63, 3.8) is 0 Å². The van der Waals surface area contributed by atoms with Crippen molar-refractivity contribution in [2.45, 2.75) is 45.1 Å². The lowest BCUT2D eigenvalue weighted by Crippen LogP contribution is -2.36. The first-order valence-electron chi connectivity index (χ1n) is 5.39. The van der Waals surface area contributed by atoms with E-state index in [4.69, 9.17) is 11.5 Å². The Hall–Kier alpha value is -1.10. The van der Waals surface area contributed by atoms with Crippen molar-refractivity contribution in [3.05, 3.63) is 0 Å². The van der Waals surface area contributed by atoms with Crippen molar-refractivity contribution in [3.8, 4) is 0 Å². The smallest absolute Gasteiger partial charge is 0.234 e. The highest BCUT2D eigenvalue weighted by Gasteiger charge is 2.07. The molecule has 0 heterocycles. The Morgan fingerprint density at radius 3 is 2.47 bits per heavy atom. The molecular formula is C10H21N3O2. The summed E-state index contributed by atoms with van der Waals surface area (Å²) in [5, 5.41) is 2.78. The monoisotopic (exact) mass is 215 g/mol. The topological polar surface area (TPSA) is 98.2 Å². The minimum absolute atomic E-state index is 0.0730. The Morgan fingerprint density at radius 2 is 1.93 bits per heavy atom. The number of rotatable bonds is 8. The summed E-state index contributed by atoms with van der Waals surface area (Å²) in [4.78, 5) is 21.4. The van der Waals surface area contributed by atoms with E-state index in [1.54, 1.807) is 0 Å². The van der Waals surface area contributed by atoms with Gasteiger partial charge in [0.15, 0.2) is 0 Å². The standard InChI is InChI=1S/C10H21N3O2/c1-2-9(14)13-7-5-3-4-6-8(11)10(12)15/h8H,2-7,11H2,1H3,(H2,12,15)(H,13,14). The molecule has 0 aromatic carbocycles. The van der Waals surface area contributed by atoms with E-state index in [1.807, 2.05) is 6.92 Å². The first kappa shape index (κ1) is 13.9. The van der Waals surface area contributed by atoms with E-state index >= 15 is 0 Å². The van der Waals surface area contributed by atoms with Gasteiger partial charge in [0.25, 0.3) is 0 Å². The third-order valence-corrected chi connectivity index (χ3v) is 2.20. The summed E-state index contributed by atoms with van der Waals surface area (Å²) >= 11 is 0. The van der Waals surface area contributed by atoms with E-state index in [0.717, 1.165) is 19.3 Å². The lowest BCUT2D eigenvalue weighted by Gasteiger charge is -2.07. The third kappa shape index (κ3) is 7.93. The molecule has 0 aliphatic rings. The Bertz CT molecular complexity index is 207. The fourth-order valence-electron chi connectivity index (χ4n) is 1.16. The highest BCUT2D eigenvalue weighted by Crippen LogP contribution is 2.01. The zero-order chi connectivity index (χ0) is 11.7. The van der Waals surface area contributed by atoms with Gasteiger partial charge in [0.2, 0.25) is 11.8 Å². The average molecular weight is 215 g/mol. The van der Waals surface area contributed by atoms with Gasteiger partial charge in [-0.25, -0.2) is 0 Å². The van der Waals surface area contributed by atoms with Gasteiger partial charge in [-0.1, -0.05) is 19.8 Å². The molecule has 1 atom stereocenters. The Labute approximate surface area is 90.6 Å². The molecule has 0 rings (SSSR count). The van der Waals surface area contributed by atoms with Gasteiger partial charge in [-0.05, 0) is 12.8 Å². The molecule has 0 saturated carbocycles. The molecule has 1 unspecified atom stereocenters. The van der Waals surface area contributed by atoms with Crippen molar-refractivity contribution in [2.24, 2.45) is 11.5 Å². The summed E-state index contributed by atoms with van der Waals surface area (Å²) in [6.45, 7) is 2.51. The van der Waals surface area contributed by atoms with Crippen LogP contribution in [0.15, 0.2) is 0 Å². The van der Waals surface area contributed by atoms with Gasteiger partial charge in [-0.3, -0.25) is 9.59 Å². The van der Waals surface area contributed by atoms with Gasteiger partial charge in [-0.15, -0.1) is 0 Å². The zero-order valence-electron chi connectivity index (χ0n) is 9.29. The van der Waals surface area contributed by atoms with Crippen LogP contribution in [0.25, 0.3) is 0 Å². The van der Waals surface area contributed by atoms with Crippen LogP contribution in [0, 0.1) is 0 Å². The molecule has 5 N–H and O–H groups in total. The third-order valence-electron chi connectivity index (χ3n) is 2.20. The highest BCUT2D eigenvalue weighted by molar-refractivity contribution is 5.79. The van der Waals surface area contributed by atoms with Gasteiger partial charge in [0.1, 0.15) is 0 Å². The van der Waals surface area contributed by atoms with Gasteiger partial charge >= 0.3 is 0 Å². The van der Waals surface area contributed by atoms with E-state index < -0.39 is 11.9 Å². The number of carbonyl (C=O) groups excluding carboxylic acids is 2. The maximum Gasteiger partial charge on any atom is 0.234 e. The van der Waals surface area contributed by atoms with Crippen LogP contribution in [0.3, 0.4) is 0 Å². The van der Waals surface area contributed by atoms with Crippen LogP contribution in [0.4, 0.5) is 0 Å². The molecule has 0 aliphatic carbocycles. The van der Waals surface area contributed by atoms with E-state index in [1.165, 1.54) is 0 Å². The van der Waals surface area contributed by atoms with Crippen LogP contribution < -0.4 is 16.8 Å². The van der Waals surface area contributed by atoms with E-state index in [0.29, 0.717) is 19.4 Å². The normalized spacial score (nSPS) is 12.1. The number of unbranched alkanes of at least 4 members (excludes halogenated alkanes) is 2. The Balaban J connectivity index is 3.25. The summed E-state index contributed by atoms with van der Waals surface area (Å²) in [6.07, 6.45) is 3.87. The molecule has 0 bridgehead atoms. The molecular weight excluding hydrogens is 194 g/mol. The first-order valence-corrected chi connectivity index (χ1v) is 5.39. The lowest BCUT2D eigenvalue weighted by atomic mass is 10.1. The number of amides is 2. The fraction of sp³-hybridized carbons (Fsp3) is 0.800. The minimum atomic E-state index is -0.532. The number of nitrogens with two attached hydrogens (primary N) is 2. The molecule has 0 aliphatic heterocycles. The van der Waals surface area contributed by atoms with Gasteiger partial charge < -0.3 is 16.8 Å². The van der Waals surface area contributed by atoms with Crippen LogP contribution in [0.1, 0.15) is 39.0 Å². The zero-order valence-corrected chi connectivity index (χ0v) is 9.29. The van der Waals surface area contributed by atoms with Crippen molar-refractivity contribution in [1.29, 1.82) is 0 Å². The Morgan fingerprint density at radius 1 is 1.27 bits per heavy atom. The summed E-state index contributed by atoms with van der Waals surface area (Å²) < 4.78 is 0. The molecule has 0 fully saturated rings. The number of primary amides is 1. The number of hydrogen-bond acceptors (Lipinski definition) is 3. The van der Waals surface area contributed by atoms with Crippen molar-refractivity contribution < 1.29 is 9.59 Å². The van der Waals surface area contributed by atoms with Crippen LogP contribution in [0.2, 0.25) is 0 Å². The molecule has 0 spiro atoms. The van der Waals surface area contributed by atoms with Crippen LogP contribution in [0.5, 0.6) is 0 Å². The number of hydrogen-bond donors (Lipinski definition) is 3. The largest absolute Gasteiger partial charge is 0.368 e. The molecule has 5 heteroatoms. The predicted octanol–water partition coefficient (Wildman–Crippen LogP) is -0.114. The SMILES string of the molecule is CCC(=O)NCCCCCC(N)C(N)=O. The Kier molecular flexibility index (Phi) is 7.62. The quantitative estimate of drug-likeness (QED) is 0.492. The van der Waals surface area contributed by atoms with Gasteiger partial charge in [0, 0.05) is 13.0 Å². The highest BCUT2D eigenvalue weighted by atomic mass is 16.2. The predicted molar refractivity (Wildman–Crippen MR) is 58.9 cm³/mol. The maximum absolute atomic E-state index is 10.8. The second kappa shape index (κ2) is 8.23. The first-order chi connectivity index (χ1) is 7.07. The fourth-order valence-corrected chi connectivity index (χ4v) is 1.16. The minimum Gasteiger partial charge on any atom is -0.368 e. The van der Waals surface area contributed by atoms with E-state index in [2.05, 4.69) is 5.32 Å². The second-order valence-corrected chi connectivity index (χ2v) is 3.56. The molecule has 5 nitrogen and oxygen atoms in total. The van der Waals surface area contributed by atoms with Crippen LogP contribution >= 0.6 is 0 Å². The summed E-state index contributed by atoms with van der Waals surface area (Å²) in [5.74, 6) is -0.377.